The number of halogens is 3. The number of benzene rings is 2. The number of rotatable bonds is 5. The molecule has 0 saturated heterocycles. The smallest absolute Gasteiger partial charge is 0.313 e. The summed E-state index contributed by atoms with van der Waals surface area (Å²) in [5.74, 6) is 0. The van der Waals surface area contributed by atoms with Gasteiger partial charge in [-0.25, -0.2) is 18.4 Å². The molecule has 160 valence electrons. The van der Waals surface area contributed by atoms with Crippen LogP contribution in [-0.4, -0.2) is 24.6 Å². The number of pyridine rings is 1. The van der Waals surface area contributed by atoms with E-state index in [2.05, 4.69) is 9.97 Å². The number of thiazole rings is 1. The Morgan fingerprint density at radius 2 is 1.81 bits per heavy atom. The van der Waals surface area contributed by atoms with E-state index in [9.17, 15) is 21.6 Å². The maximum absolute atomic E-state index is 13.3. The van der Waals surface area contributed by atoms with Gasteiger partial charge in [-0.2, -0.15) is 13.2 Å². The first-order chi connectivity index (χ1) is 14.6. The Hall–Kier alpha value is -2.98. The van der Waals surface area contributed by atoms with Crippen molar-refractivity contribution in [1.82, 2.24) is 9.97 Å². The highest BCUT2D eigenvalue weighted by molar-refractivity contribution is 7.90. The van der Waals surface area contributed by atoms with Gasteiger partial charge in [0, 0.05) is 18.1 Å². The van der Waals surface area contributed by atoms with Gasteiger partial charge in [0.1, 0.15) is 10.3 Å². The fourth-order valence-corrected chi connectivity index (χ4v) is 5.02. The molecule has 0 fully saturated rings. The van der Waals surface area contributed by atoms with E-state index in [-0.39, 0.29) is 17.1 Å². The lowest BCUT2D eigenvalue weighted by atomic mass is 10.1. The van der Waals surface area contributed by atoms with Gasteiger partial charge in [0.15, 0.2) is 15.0 Å². The molecule has 0 N–H and O–H groups in total. The van der Waals surface area contributed by atoms with Crippen molar-refractivity contribution in [2.45, 2.75) is 17.6 Å². The van der Waals surface area contributed by atoms with Gasteiger partial charge in [-0.15, -0.1) is 0 Å². The maximum atomic E-state index is 13.3. The van der Waals surface area contributed by atoms with Crippen LogP contribution in [0.4, 0.5) is 24.0 Å². The minimum absolute atomic E-state index is 0.0182. The number of aromatic nitrogens is 2. The van der Waals surface area contributed by atoms with E-state index in [1.165, 1.54) is 29.5 Å². The first-order valence-electron chi connectivity index (χ1n) is 9.07. The highest BCUT2D eigenvalue weighted by Crippen LogP contribution is 2.37. The molecule has 4 rings (SSSR count). The van der Waals surface area contributed by atoms with Gasteiger partial charge in [-0.1, -0.05) is 35.6 Å². The van der Waals surface area contributed by atoms with Crippen molar-refractivity contribution in [3.8, 4) is 0 Å². The van der Waals surface area contributed by atoms with Crippen molar-refractivity contribution in [1.29, 1.82) is 0 Å². The third-order valence-electron chi connectivity index (χ3n) is 4.57. The second-order valence-electron chi connectivity index (χ2n) is 6.84. The Kier molecular flexibility index (Phi) is 5.44. The minimum Gasteiger partial charge on any atom is -0.313 e. The molecule has 5 nitrogen and oxygen atoms in total. The molecule has 0 unspecified atom stereocenters. The van der Waals surface area contributed by atoms with E-state index in [1.54, 1.807) is 41.4 Å². The molecule has 0 amide bonds. The largest absolute Gasteiger partial charge is 0.416 e. The van der Waals surface area contributed by atoms with Gasteiger partial charge in [0.05, 0.1) is 17.0 Å². The minimum atomic E-state index is -4.51. The van der Waals surface area contributed by atoms with Crippen molar-refractivity contribution in [3.05, 3.63) is 78.0 Å². The molecule has 0 saturated carbocycles. The van der Waals surface area contributed by atoms with Crippen molar-refractivity contribution < 1.29 is 21.6 Å². The Morgan fingerprint density at radius 1 is 1.03 bits per heavy atom. The molecule has 0 aliphatic rings. The number of hydrogen-bond donors (Lipinski definition) is 0. The number of hydrogen-bond acceptors (Lipinski definition) is 6. The second kappa shape index (κ2) is 7.93. The summed E-state index contributed by atoms with van der Waals surface area (Å²) in [4.78, 5) is 11.1. The number of sulfone groups is 1. The Labute approximate surface area is 180 Å². The third kappa shape index (κ3) is 4.54. The average molecular weight is 464 g/mol. The fraction of sp³-hybridized carbons (Fsp3) is 0.143. The summed E-state index contributed by atoms with van der Waals surface area (Å²) >= 11 is 1.22. The lowest BCUT2D eigenvalue weighted by Crippen LogP contribution is -2.19. The van der Waals surface area contributed by atoms with E-state index < -0.39 is 21.6 Å². The molecule has 31 heavy (non-hydrogen) atoms. The molecule has 2 aromatic heterocycles. The standard InChI is InChI=1S/C21H16F3N3O2S2/c1-31(28,29)18-10-3-2-6-14(18)13-27(16-8-4-7-15(12-16)21(22,23)24)20-26-17-9-5-11-25-19(17)30-20/h2-12H,13H2,1H3. The van der Waals surface area contributed by atoms with Crippen molar-refractivity contribution in [2.75, 3.05) is 11.2 Å². The first kappa shape index (κ1) is 21.3. The highest BCUT2D eigenvalue weighted by Gasteiger charge is 2.31. The number of anilines is 2. The van der Waals surface area contributed by atoms with Crippen LogP contribution >= 0.6 is 11.3 Å². The molecule has 0 aliphatic heterocycles. The topological polar surface area (TPSA) is 63.2 Å². The van der Waals surface area contributed by atoms with Crippen LogP contribution in [0.1, 0.15) is 11.1 Å². The molecule has 4 aromatic rings. The highest BCUT2D eigenvalue weighted by atomic mass is 32.2. The summed E-state index contributed by atoms with van der Waals surface area (Å²) in [5.41, 5.74) is 0.508. The van der Waals surface area contributed by atoms with Crippen molar-refractivity contribution in [2.24, 2.45) is 0 Å². The van der Waals surface area contributed by atoms with Gasteiger partial charge >= 0.3 is 6.18 Å². The molecule has 0 aliphatic carbocycles. The predicted molar refractivity (Wildman–Crippen MR) is 114 cm³/mol. The Bertz CT molecular complexity index is 1320. The summed E-state index contributed by atoms with van der Waals surface area (Å²) in [6.45, 7) is 0.0182. The van der Waals surface area contributed by atoms with Gasteiger partial charge in [0.2, 0.25) is 0 Å². The van der Waals surface area contributed by atoms with Gasteiger partial charge in [-0.3, -0.25) is 0 Å². The van der Waals surface area contributed by atoms with Crippen molar-refractivity contribution in [3.63, 3.8) is 0 Å². The van der Waals surface area contributed by atoms with E-state index in [4.69, 9.17) is 0 Å². The Morgan fingerprint density at radius 3 is 2.52 bits per heavy atom. The van der Waals surface area contributed by atoms with Crippen LogP contribution < -0.4 is 4.90 Å². The van der Waals surface area contributed by atoms with Crippen LogP contribution in [-0.2, 0) is 22.6 Å². The van der Waals surface area contributed by atoms with E-state index in [0.717, 1.165) is 18.4 Å². The summed E-state index contributed by atoms with van der Waals surface area (Å²) in [6.07, 6.45) is -1.80. The zero-order valence-electron chi connectivity index (χ0n) is 16.2. The zero-order chi connectivity index (χ0) is 22.2. The Balaban J connectivity index is 1.87. The van der Waals surface area contributed by atoms with Gasteiger partial charge in [-0.05, 0) is 42.0 Å². The summed E-state index contributed by atoms with van der Waals surface area (Å²) in [6, 6.07) is 14.8. The van der Waals surface area contributed by atoms with E-state index in [1.807, 2.05) is 0 Å². The molecular formula is C21H16F3N3O2S2. The van der Waals surface area contributed by atoms with E-state index >= 15 is 0 Å². The average Bonchev–Trinajstić information content (AvgIpc) is 3.15. The summed E-state index contributed by atoms with van der Waals surface area (Å²) in [7, 11) is -3.54. The van der Waals surface area contributed by atoms with Crippen LogP contribution in [0.2, 0.25) is 0 Å². The predicted octanol–water partition coefficient (Wildman–Crippen LogP) is 5.45. The number of fused-ring (bicyclic) bond motifs is 1. The summed E-state index contributed by atoms with van der Waals surface area (Å²) < 4.78 is 64.5. The van der Waals surface area contributed by atoms with Crippen LogP contribution in [0.15, 0.2) is 71.8 Å². The molecule has 2 heterocycles. The molecular weight excluding hydrogens is 447 g/mol. The molecule has 10 heteroatoms. The molecule has 0 atom stereocenters. The molecule has 2 aromatic carbocycles. The zero-order valence-corrected chi connectivity index (χ0v) is 17.8. The maximum Gasteiger partial charge on any atom is 0.416 e. The van der Waals surface area contributed by atoms with Gasteiger partial charge < -0.3 is 4.90 Å². The number of nitrogens with zero attached hydrogens (tertiary/aromatic N) is 3. The molecule has 0 spiro atoms. The van der Waals surface area contributed by atoms with Crippen LogP contribution in [0.25, 0.3) is 10.3 Å². The molecule has 0 bridgehead atoms. The third-order valence-corrected chi connectivity index (χ3v) is 6.77. The fourth-order valence-electron chi connectivity index (χ4n) is 3.16. The number of alkyl halides is 3. The quantitative estimate of drug-likeness (QED) is 0.394. The first-order valence-corrected chi connectivity index (χ1v) is 11.8. The van der Waals surface area contributed by atoms with Crippen LogP contribution in [0.3, 0.4) is 0 Å². The normalized spacial score (nSPS) is 12.3. The second-order valence-corrected chi connectivity index (χ2v) is 9.78. The summed E-state index contributed by atoms with van der Waals surface area (Å²) in [5, 5.41) is 0.413. The van der Waals surface area contributed by atoms with Crippen molar-refractivity contribution >= 4 is 42.3 Å². The van der Waals surface area contributed by atoms with E-state index in [0.29, 0.717) is 21.0 Å². The molecule has 0 radical (unpaired) electrons. The monoisotopic (exact) mass is 463 g/mol. The lowest BCUT2D eigenvalue weighted by Gasteiger charge is -2.24. The lowest BCUT2D eigenvalue weighted by molar-refractivity contribution is -0.137. The van der Waals surface area contributed by atoms with Gasteiger partial charge in [0.25, 0.3) is 0 Å². The SMILES string of the molecule is CS(=O)(=O)c1ccccc1CN(c1cccc(C(F)(F)F)c1)c1nc2cccnc2s1. The van der Waals surface area contributed by atoms with Crippen LogP contribution in [0.5, 0.6) is 0 Å². The van der Waals surface area contributed by atoms with Crippen LogP contribution in [0, 0.1) is 0 Å².